The number of alkyl halides is 3. The fourth-order valence-corrected chi connectivity index (χ4v) is 2.75. The lowest BCUT2D eigenvalue weighted by atomic mass is 10.0. The Balaban J connectivity index is 4.31. The zero-order valence-corrected chi connectivity index (χ0v) is 10.8. The van der Waals surface area contributed by atoms with Crippen molar-refractivity contribution in [2.45, 2.75) is 44.8 Å². The first kappa shape index (κ1) is 16.7. The Kier molecular flexibility index (Phi) is 5.89. The number of rotatable bonds is 7. The highest BCUT2D eigenvalue weighted by molar-refractivity contribution is 7.89. The Morgan fingerprint density at radius 2 is 1.82 bits per heavy atom. The van der Waals surface area contributed by atoms with E-state index in [1.165, 1.54) is 0 Å². The van der Waals surface area contributed by atoms with Gasteiger partial charge in [-0.3, -0.25) is 0 Å². The van der Waals surface area contributed by atoms with E-state index in [9.17, 15) is 21.6 Å². The Morgan fingerprint density at radius 1 is 1.29 bits per heavy atom. The van der Waals surface area contributed by atoms with E-state index in [2.05, 4.69) is 4.72 Å². The summed E-state index contributed by atoms with van der Waals surface area (Å²) in [4.78, 5) is 0. The number of hydrogen-bond donors (Lipinski definition) is 2. The van der Waals surface area contributed by atoms with Crippen LogP contribution >= 0.6 is 0 Å². The van der Waals surface area contributed by atoms with Gasteiger partial charge in [-0.15, -0.1) is 0 Å². The number of nitrogens with two attached hydrogens (primary N) is 1. The van der Waals surface area contributed by atoms with Gasteiger partial charge in [0, 0.05) is 18.5 Å². The Bertz CT molecular complexity index is 324. The fraction of sp³-hybridized carbons (Fsp3) is 1.00. The number of hydrogen-bond acceptors (Lipinski definition) is 3. The van der Waals surface area contributed by atoms with Crippen molar-refractivity contribution in [2.75, 3.05) is 12.3 Å². The van der Waals surface area contributed by atoms with Gasteiger partial charge in [0.1, 0.15) is 0 Å². The van der Waals surface area contributed by atoms with Crippen LogP contribution in [0.5, 0.6) is 0 Å². The summed E-state index contributed by atoms with van der Waals surface area (Å²) in [7, 11) is -3.72. The van der Waals surface area contributed by atoms with Crippen molar-refractivity contribution in [3.63, 3.8) is 0 Å². The minimum atomic E-state index is -4.32. The van der Waals surface area contributed by atoms with Crippen LogP contribution in [0.15, 0.2) is 0 Å². The molecule has 0 aliphatic carbocycles. The van der Waals surface area contributed by atoms with E-state index in [4.69, 9.17) is 5.73 Å². The lowest BCUT2D eigenvalue weighted by Crippen LogP contribution is -2.51. The molecule has 1 unspecified atom stereocenters. The van der Waals surface area contributed by atoms with Gasteiger partial charge < -0.3 is 5.73 Å². The molecule has 4 nitrogen and oxygen atoms in total. The van der Waals surface area contributed by atoms with E-state index < -0.39 is 40.3 Å². The maximum Gasteiger partial charge on any atom is 0.389 e. The van der Waals surface area contributed by atoms with Crippen molar-refractivity contribution in [2.24, 2.45) is 5.73 Å². The standard InChI is InChI=1S/C9H19F3N2O2S/c1-3-8(2,7-13)14-17(15,16)6-4-5-9(10,11)12/h14H,3-7,13H2,1-2H3. The maximum atomic E-state index is 11.9. The summed E-state index contributed by atoms with van der Waals surface area (Å²) in [6.45, 7) is 3.47. The second kappa shape index (κ2) is 6.01. The van der Waals surface area contributed by atoms with Crippen LogP contribution in [-0.2, 0) is 10.0 Å². The van der Waals surface area contributed by atoms with Crippen molar-refractivity contribution in [3.05, 3.63) is 0 Å². The van der Waals surface area contributed by atoms with Crippen LogP contribution in [-0.4, -0.2) is 32.4 Å². The summed E-state index contributed by atoms with van der Waals surface area (Å²) < 4.78 is 61.0. The third kappa shape index (κ3) is 7.56. The second-order valence-electron chi connectivity index (χ2n) is 4.26. The first-order valence-corrected chi connectivity index (χ1v) is 6.97. The molecule has 17 heavy (non-hydrogen) atoms. The lowest BCUT2D eigenvalue weighted by molar-refractivity contribution is -0.134. The summed E-state index contributed by atoms with van der Waals surface area (Å²) in [6.07, 6.45) is -5.39. The predicted molar refractivity (Wildman–Crippen MR) is 60.0 cm³/mol. The van der Waals surface area contributed by atoms with Gasteiger partial charge in [-0.2, -0.15) is 13.2 Å². The summed E-state index contributed by atoms with van der Waals surface area (Å²) in [5.74, 6) is -0.540. The summed E-state index contributed by atoms with van der Waals surface area (Å²) in [6, 6.07) is 0. The largest absolute Gasteiger partial charge is 0.389 e. The van der Waals surface area contributed by atoms with Gasteiger partial charge in [-0.05, 0) is 19.8 Å². The number of halogens is 3. The van der Waals surface area contributed by atoms with Gasteiger partial charge in [0.05, 0.1) is 5.75 Å². The molecule has 0 aliphatic rings. The molecular weight excluding hydrogens is 257 g/mol. The van der Waals surface area contributed by atoms with Gasteiger partial charge in [0.25, 0.3) is 0 Å². The molecule has 0 radical (unpaired) electrons. The molecule has 0 spiro atoms. The summed E-state index contributed by atoms with van der Waals surface area (Å²) in [5.41, 5.74) is 4.62. The molecule has 0 fully saturated rings. The van der Waals surface area contributed by atoms with Gasteiger partial charge >= 0.3 is 6.18 Å². The van der Waals surface area contributed by atoms with Crippen molar-refractivity contribution in [1.29, 1.82) is 0 Å². The molecule has 8 heteroatoms. The zero-order chi connectivity index (χ0) is 13.7. The van der Waals surface area contributed by atoms with Gasteiger partial charge in [-0.1, -0.05) is 6.92 Å². The second-order valence-corrected chi connectivity index (χ2v) is 6.10. The molecule has 0 aromatic carbocycles. The highest BCUT2D eigenvalue weighted by Gasteiger charge is 2.30. The molecule has 0 aliphatic heterocycles. The maximum absolute atomic E-state index is 11.9. The van der Waals surface area contributed by atoms with E-state index in [-0.39, 0.29) is 6.54 Å². The predicted octanol–water partition coefficient (Wildman–Crippen LogP) is 1.38. The molecule has 0 aromatic rings. The van der Waals surface area contributed by atoms with Crippen molar-refractivity contribution >= 4 is 10.0 Å². The topological polar surface area (TPSA) is 72.2 Å². The van der Waals surface area contributed by atoms with Gasteiger partial charge in [0.15, 0.2) is 0 Å². The molecular formula is C9H19F3N2O2S. The zero-order valence-electron chi connectivity index (χ0n) is 9.97. The third-order valence-corrected chi connectivity index (χ3v) is 4.14. The molecule has 0 amide bonds. The SMILES string of the molecule is CCC(C)(CN)NS(=O)(=O)CCCC(F)(F)F. The van der Waals surface area contributed by atoms with Crippen molar-refractivity contribution < 1.29 is 21.6 Å². The van der Waals surface area contributed by atoms with E-state index in [0.717, 1.165) is 0 Å². The average Bonchev–Trinajstić information content (AvgIpc) is 2.14. The highest BCUT2D eigenvalue weighted by atomic mass is 32.2. The quantitative estimate of drug-likeness (QED) is 0.738. The van der Waals surface area contributed by atoms with Crippen LogP contribution in [0, 0.1) is 0 Å². The number of nitrogens with one attached hydrogen (secondary N) is 1. The number of sulfonamides is 1. The first-order chi connectivity index (χ1) is 7.54. The summed E-state index contributed by atoms with van der Waals surface area (Å²) >= 11 is 0. The molecule has 0 saturated heterocycles. The van der Waals surface area contributed by atoms with Crippen LogP contribution in [0.25, 0.3) is 0 Å². The molecule has 1 atom stereocenters. The van der Waals surface area contributed by atoms with E-state index in [1.54, 1.807) is 13.8 Å². The van der Waals surface area contributed by atoms with Crippen LogP contribution in [0.4, 0.5) is 13.2 Å². The molecule has 3 N–H and O–H groups in total. The Hall–Kier alpha value is -0.340. The van der Waals surface area contributed by atoms with E-state index in [0.29, 0.717) is 6.42 Å². The van der Waals surface area contributed by atoms with Gasteiger partial charge in [0.2, 0.25) is 10.0 Å². The van der Waals surface area contributed by atoms with Crippen LogP contribution in [0.2, 0.25) is 0 Å². The minimum absolute atomic E-state index is 0.0992. The smallest absolute Gasteiger partial charge is 0.329 e. The minimum Gasteiger partial charge on any atom is -0.329 e. The van der Waals surface area contributed by atoms with Crippen LogP contribution in [0.1, 0.15) is 33.1 Å². The van der Waals surface area contributed by atoms with Crippen molar-refractivity contribution in [1.82, 2.24) is 4.72 Å². The molecule has 0 heterocycles. The van der Waals surface area contributed by atoms with Crippen LogP contribution in [0.3, 0.4) is 0 Å². The van der Waals surface area contributed by atoms with E-state index in [1.807, 2.05) is 0 Å². The monoisotopic (exact) mass is 276 g/mol. The highest BCUT2D eigenvalue weighted by Crippen LogP contribution is 2.21. The molecule has 0 rings (SSSR count). The molecule has 0 saturated carbocycles. The Labute approximate surface area is 99.8 Å². The first-order valence-electron chi connectivity index (χ1n) is 5.32. The summed E-state index contributed by atoms with van der Waals surface area (Å²) in [5, 5.41) is 0. The molecule has 0 bridgehead atoms. The normalized spacial score (nSPS) is 16.8. The lowest BCUT2D eigenvalue weighted by Gasteiger charge is -2.27. The fourth-order valence-electron chi connectivity index (χ4n) is 1.15. The average molecular weight is 276 g/mol. The van der Waals surface area contributed by atoms with Gasteiger partial charge in [-0.25, -0.2) is 13.1 Å². The van der Waals surface area contributed by atoms with E-state index >= 15 is 0 Å². The molecule has 104 valence electrons. The van der Waals surface area contributed by atoms with Crippen molar-refractivity contribution in [3.8, 4) is 0 Å². The third-order valence-electron chi connectivity index (χ3n) is 2.51. The Morgan fingerprint density at radius 3 is 2.18 bits per heavy atom. The van der Waals surface area contributed by atoms with Crippen LogP contribution < -0.4 is 10.5 Å². The molecule has 0 aromatic heterocycles.